The second kappa shape index (κ2) is 11.8. The lowest BCUT2D eigenvalue weighted by molar-refractivity contribution is -0.0755. The number of hydrogen-bond acceptors (Lipinski definition) is 8. The summed E-state index contributed by atoms with van der Waals surface area (Å²) in [5.74, 6) is -1.91. The molecule has 0 fully saturated rings. The molecule has 42 heavy (non-hydrogen) atoms. The van der Waals surface area contributed by atoms with Crippen LogP contribution in [-0.4, -0.2) is 60.3 Å². The van der Waals surface area contributed by atoms with E-state index >= 15 is 0 Å². The number of benzene rings is 3. The molecule has 4 N–H and O–H groups in total. The third-order valence-corrected chi connectivity index (χ3v) is 7.77. The van der Waals surface area contributed by atoms with Gasteiger partial charge in [-0.15, -0.1) is 0 Å². The van der Waals surface area contributed by atoms with Gasteiger partial charge in [0.15, 0.2) is 0 Å². The molecule has 4 atom stereocenters. The first kappa shape index (κ1) is 29.6. The van der Waals surface area contributed by atoms with Gasteiger partial charge in [-0.2, -0.15) is 16.8 Å². The largest absolute Gasteiger partial charge is 0.478 e. The van der Waals surface area contributed by atoms with Crippen molar-refractivity contribution in [2.75, 3.05) is 0 Å². The minimum Gasteiger partial charge on any atom is -0.478 e. The first-order chi connectivity index (χ1) is 19.9. The smallest absolute Gasteiger partial charge is 0.398 e. The van der Waals surface area contributed by atoms with E-state index < -0.39 is 51.0 Å². The van der Waals surface area contributed by atoms with Crippen molar-refractivity contribution in [1.82, 2.24) is 4.98 Å². The molecule has 0 spiro atoms. The number of fused-ring (bicyclic) bond motifs is 1. The molecule has 12 nitrogen and oxygen atoms in total. The third-order valence-electron chi connectivity index (χ3n) is 6.85. The molecule has 5 rings (SSSR count). The summed E-state index contributed by atoms with van der Waals surface area (Å²) in [5.41, 5.74) is 1.78. The number of aromatic nitrogens is 1. The van der Waals surface area contributed by atoms with E-state index in [1.54, 1.807) is 48.8 Å². The van der Waals surface area contributed by atoms with E-state index in [2.05, 4.69) is 4.98 Å². The van der Waals surface area contributed by atoms with Crippen LogP contribution in [0.2, 0.25) is 0 Å². The number of carboxylic acids is 1. The first-order valence-corrected chi connectivity index (χ1v) is 15.2. The molecule has 0 saturated carbocycles. The van der Waals surface area contributed by atoms with Crippen molar-refractivity contribution >= 4 is 43.1 Å². The summed E-state index contributed by atoms with van der Waals surface area (Å²) in [4.78, 5) is 14.1. The highest BCUT2D eigenvalue weighted by atomic mass is 32.3. The van der Waals surface area contributed by atoms with Gasteiger partial charge in [0.2, 0.25) is 0 Å². The topological polar surface area (TPSA) is 190 Å². The number of rotatable bonds is 10. The van der Waals surface area contributed by atoms with Crippen LogP contribution in [0.5, 0.6) is 0 Å². The molecule has 0 saturated heterocycles. The third kappa shape index (κ3) is 6.77. The molecule has 220 valence electrons. The van der Waals surface area contributed by atoms with Crippen LogP contribution < -0.4 is 0 Å². The zero-order valence-electron chi connectivity index (χ0n) is 21.6. The first-order valence-electron chi connectivity index (χ1n) is 12.5. The molecule has 1 aliphatic rings. The van der Waals surface area contributed by atoms with Crippen molar-refractivity contribution in [3.05, 3.63) is 114 Å². The molecule has 1 aromatic heterocycles. The molecule has 14 heteroatoms. The summed E-state index contributed by atoms with van der Waals surface area (Å²) in [6.45, 7) is -0.188. The van der Waals surface area contributed by atoms with Gasteiger partial charge >= 0.3 is 26.8 Å². The van der Waals surface area contributed by atoms with Crippen LogP contribution >= 0.6 is 0 Å². The van der Waals surface area contributed by atoms with Crippen LogP contribution in [-0.2, 0) is 40.5 Å². The van der Waals surface area contributed by atoms with Crippen molar-refractivity contribution in [3.8, 4) is 0 Å². The molecular weight excluding hydrogens is 590 g/mol. The van der Waals surface area contributed by atoms with E-state index in [1.165, 1.54) is 24.3 Å². The fourth-order valence-electron chi connectivity index (χ4n) is 5.10. The van der Waals surface area contributed by atoms with Gasteiger partial charge in [-0.1, -0.05) is 60.7 Å². The highest BCUT2D eigenvalue weighted by Crippen LogP contribution is 2.43. The molecule has 1 aliphatic carbocycles. The minimum absolute atomic E-state index is 0.0403. The zero-order chi connectivity index (χ0) is 30.1. The van der Waals surface area contributed by atoms with Crippen LogP contribution in [0.1, 0.15) is 33.0 Å². The average Bonchev–Trinajstić information content (AvgIpc) is 3.46. The predicted molar refractivity (Wildman–Crippen MR) is 150 cm³/mol. The van der Waals surface area contributed by atoms with Crippen molar-refractivity contribution < 1.29 is 48.9 Å². The molecule has 0 bridgehead atoms. The Morgan fingerprint density at radius 1 is 0.833 bits per heavy atom. The van der Waals surface area contributed by atoms with E-state index in [0.717, 1.165) is 5.39 Å². The fraction of sp³-hybridized carbons (Fsp3) is 0.179. The van der Waals surface area contributed by atoms with Crippen LogP contribution in [0, 0.1) is 0 Å². The summed E-state index contributed by atoms with van der Waals surface area (Å²) in [6, 6.07) is 19.8. The number of carbonyl (C=O) groups is 1. The maximum absolute atomic E-state index is 12.1. The number of aromatic amines is 1. The Bertz CT molecular complexity index is 1830. The number of nitrogens with one attached hydrogen (secondary N) is 1. The molecule has 0 aliphatic heterocycles. The van der Waals surface area contributed by atoms with Gasteiger partial charge in [-0.3, -0.25) is 9.11 Å². The van der Waals surface area contributed by atoms with Crippen LogP contribution in [0.15, 0.2) is 91.3 Å². The lowest BCUT2D eigenvalue weighted by Gasteiger charge is -2.40. The Morgan fingerprint density at radius 2 is 1.52 bits per heavy atom. The van der Waals surface area contributed by atoms with Gasteiger partial charge in [0, 0.05) is 18.3 Å². The van der Waals surface area contributed by atoms with E-state index in [-0.39, 0.29) is 17.7 Å². The van der Waals surface area contributed by atoms with Gasteiger partial charge < -0.3 is 14.8 Å². The van der Waals surface area contributed by atoms with Crippen molar-refractivity contribution in [3.63, 3.8) is 0 Å². The monoisotopic (exact) mass is 615 g/mol. The molecule has 0 amide bonds. The summed E-state index contributed by atoms with van der Waals surface area (Å²) < 4.78 is 84.1. The molecule has 0 radical (unpaired) electrons. The van der Waals surface area contributed by atoms with Gasteiger partial charge in [0.1, 0.15) is 12.2 Å². The minimum atomic E-state index is -5.22. The van der Waals surface area contributed by atoms with E-state index in [0.29, 0.717) is 22.1 Å². The average molecular weight is 616 g/mol. The van der Waals surface area contributed by atoms with Crippen molar-refractivity contribution in [2.24, 2.45) is 0 Å². The van der Waals surface area contributed by atoms with Gasteiger partial charge in [0.05, 0.1) is 18.3 Å². The summed E-state index contributed by atoms with van der Waals surface area (Å²) in [5, 5.41) is 10.6. The van der Waals surface area contributed by atoms with Gasteiger partial charge in [0.25, 0.3) is 0 Å². The summed E-state index contributed by atoms with van der Waals surface area (Å²) in [7, 11) is -10.4. The standard InChI is InChI=1S/C28H25NO11S2/c30-28(31)19-10-8-17(9-11-19)16-38-25-23(20-12-13-29-15-20)14-24(22-7-3-5-18-4-1-2-6-21(18)22)26(39-41(32,33)34)27(25)40-42(35,36)37/h1-15,23,25-27,29H,16H2,(H,30,31)(H,32,33,34)(H,35,36,37)/t23-,25-,26-,27+/m1/s1. The molecule has 4 aromatic rings. The van der Waals surface area contributed by atoms with Crippen LogP contribution in [0.25, 0.3) is 16.3 Å². The predicted octanol–water partition coefficient (Wildman–Crippen LogP) is 4.01. The number of hydrogen-bond donors (Lipinski definition) is 4. The maximum atomic E-state index is 12.1. The molecule has 0 unspecified atom stereocenters. The highest BCUT2D eigenvalue weighted by molar-refractivity contribution is 7.81. The quantitative estimate of drug-likeness (QED) is 0.189. The second-order valence-corrected chi connectivity index (χ2v) is 11.6. The molecule has 1 heterocycles. The van der Waals surface area contributed by atoms with Crippen molar-refractivity contribution in [1.29, 1.82) is 0 Å². The lowest BCUT2D eigenvalue weighted by atomic mass is 9.77. The Hall–Kier alpha value is -3.89. The Morgan fingerprint density at radius 3 is 2.17 bits per heavy atom. The van der Waals surface area contributed by atoms with E-state index in [9.17, 15) is 35.8 Å². The Kier molecular flexibility index (Phi) is 8.30. The Balaban J connectivity index is 1.67. The summed E-state index contributed by atoms with van der Waals surface area (Å²) in [6.07, 6.45) is -0.00670. The van der Waals surface area contributed by atoms with Crippen LogP contribution in [0.4, 0.5) is 0 Å². The number of carboxylic acid groups (broad SMARTS) is 1. The van der Waals surface area contributed by atoms with E-state index in [4.69, 9.17) is 13.1 Å². The number of aromatic carboxylic acids is 1. The number of H-pyrrole nitrogens is 1. The fourth-order valence-corrected chi connectivity index (χ4v) is 6.07. The van der Waals surface area contributed by atoms with Gasteiger partial charge in [-0.05, 0) is 51.2 Å². The maximum Gasteiger partial charge on any atom is 0.398 e. The Labute approximate surface area is 241 Å². The zero-order valence-corrected chi connectivity index (χ0v) is 23.2. The van der Waals surface area contributed by atoms with E-state index in [1.807, 2.05) is 18.2 Å². The second-order valence-electron chi connectivity index (χ2n) is 9.53. The number of ether oxygens (including phenoxy) is 1. The van der Waals surface area contributed by atoms with Crippen LogP contribution in [0.3, 0.4) is 0 Å². The SMILES string of the molecule is O=C(O)c1ccc(CO[C@H]2[C@H](OS(=O)(=O)O)[C@H](OS(=O)(=O)O)C(c3cccc4ccccc34)=C[C@@H]2c2cc[nH]c2)cc1. The molecular formula is C28H25NO11S2. The van der Waals surface area contributed by atoms with Crippen molar-refractivity contribution in [2.45, 2.75) is 30.8 Å². The summed E-state index contributed by atoms with van der Waals surface area (Å²) >= 11 is 0. The normalized spacial score (nSPS) is 21.2. The lowest BCUT2D eigenvalue weighted by Crippen LogP contribution is -2.50. The highest BCUT2D eigenvalue weighted by Gasteiger charge is 2.48. The molecule has 3 aromatic carbocycles. The van der Waals surface area contributed by atoms with Gasteiger partial charge in [-0.25, -0.2) is 13.2 Å².